The van der Waals surface area contributed by atoms with Crippen LogP contribution >= 0.6 is 0 Å². The van der Waals surface area contributed by atoms with Gasteiger partial charge in [0.15, 0.2) is 0 Å². The zero-order valence-corrected chi connectivity index (χ0v) is 10.4. The van der Waals surface area contributed by atoms with Crippen molar-refractivity contribution in [3.8, 4) is 5.69 Å². The molecule has 1 atom stereocenters. The van der Waals surface area contributed by atoms with Crippen molar-refractivity contribution in [2.75, 3.05) is 19.8 Å². The first-order chi connectivity index (χ1) is 8.92. The van der Waals surface area contributed by atoms with Crippen LogP contribution in [0, 0.1) is 0 Å². The van der Waals surface area contributed by atoms with Gasteiger partial charge in [-0.25, -0.2) is 0 Å². The first-order valence-electron chi connectivity index (χ1n) is 6.45. The number of rotatable bonds is 3. The Balaban J connectivity index is 1.74. The molecule has 0 unspecified atom stereocenters. The molecule has 0 radical (unpaired) electrons. The Morgan fingerprint density at radius 1 is 1.22 bits per heavy atom. The van der Waals surface area contributed by atoms with Crippen LogP contribution in [0.3, 0.4) is 0 Å². The third-order valence-electron chi connectivity index (χ3n) is 3.29. The van der Waals surface area contributed by atoms with Crippen molar-refractivity contribution in [3.05, 3.63) is 54.4 Å². The van der Waals surface area contributed by atoms with Crippen LogP contribution in [0.4, 0.5) is 0 Å². The molecule has 2 aromatic rings. The lowest BCUT2D eigenvalue weighted by molar-refractivity contribution is 0.0770. The number of hydrogen-bond donors (Lipinski definition) is 1. The fraction of sp³-hybridized carbons (Fsp3) is 0.333. The molecule has 1 saturated heterocycles. The van der Waals surface area contributed by atoms with Crippen LogP contribution in [0.1, 0.15) is 5.56 Å². The summed E-state index contributed by atoms with van der Waals surface area (Å²) in [7, 11) is 0. The van der Waals surface area contributed by atoms with Crippen LogP contribution in [0.5, 0.6) is 0 Å². The molecular formula is C15H18N2O. The molecule has 0 saturated carbocycles. The Labute approximate surface area is 107 Å². The van der Waals surface area contributed by atoms with Gasteiger partial charge in [-0.1, -0.05) is 12.1 Å². The van der Waals surface area contributed by atoms with E-state index in [0.717, 1.165) is 26.2 Å². The molecule has 3 heteroatoms. The summed E-state index contributed by atoms with van der Waals surface area (Å²) in [5.41, 5.74) is 2.57. The van der Waals surface area contributed by atoms with Crippen molar-refractivity contribution in [2.45, 2.75) is 12.5 Å². The highest BCUT2D eigenvalue weighted by Gasteiger charge is 2.13. The largest absolute Gasteiger partial charge is 0.379 e. The van der Waals surface area contributed by atoms with Crippen molar-refractivity contribution in [2.24, 2.45) is 0 Å². The predicted molar refractivity (Wildman–Crippen MR) is 72.1 cm³/mol. The first-order valence-corrected chi connectivity index (χ1v) is 6.45. The van der Waals surface area contributed by atoms with Gasteiger partial charge in [-0.3, -0.25) is 0 Å². The molecule has 2 heterocycles. The third-order valence-corrected chi connectivity index (χ3v) is 3.29. The molecule has 0 aliphatic carbocycles. The molecule has 1 aromatic carbocycles. The van der Waals surface area contributed by atoms with Crippen molar-refractivity contribution < 1.29 is 4.74 Å². The fourth-order valence-corrected chi connectivity index (χ4v) is 2.39. The Morgan fingerprint density at radius 2 is 2.11 bits per heavy atom. The molecule has 1 aliphatic rings. The van der Waals surface area contributed by atoms with Crippen LogP contribution < -0.4 is 5.32 Å². The average molecular weight is 242 g/mol. The second-order valence-electron chi connectivity index (χ2n) is 4.69. The smallest absolute Gasteiger partial charge is 0.0623 e. The molecule has 0 amide bonds. The van der Waals surface area contributed by atoms with Crippen LogP contribution in [0.2, 0.25) is 0 Å². The quantitative estimate of drug-likeness (QED) is 0.891. The summed E-state index contributed by atoms with van der Waals surface area (Å²) >= 11 is 0. The SMILES string of the molecule is c1cc(C[C@@H]2COCCN2)cc(-n2cccc2)c1. The number of hydrogen-bond acceptors (Lipinski definition) is 2. The zero-order valence-electron chi connectivity index (χ0n) is 10.4. The lowest BCUT2D eigenvalue weighted by Gasteiger charge is -2.24. The molecule has 1 aliphatic heterocycles. The molecule has 0 spiro atoms. The van der Waals surface area contributed by atoms with Crippen molar-refractivity contribution >= 4 is 0 Å². The topological polar surface area (TPSA) is 26.2 Å². The van der Waals surface area contributed by atoms with E-state index in [-0.39, 0.29) is 0 Å². The minimum Gasteiger partial charge on any atom is -0.379 e. The lowest BCUT2D eigenvalue weighted by atomic mass is 10.1. The maximum Gasteiger partial charge on any atom is 0.0623 e. The summed E-state index contributed by atoms with van der Waals surface area (Å²) < 4.78 is 7.62. The zero-order chi connectivity index (χ0) is 12.2. The van der Waals surface area contributed by atoms with Crippen LogP contribution in [-0.4, -0.2) is 30.4 Å². The second-order valence-corrected chi connectivity index (χ2v) is 4.69. The second kappa shape index (κ2) is 5.38. The van der Waals surface area contributed by atoms with Gasteiger partial charge in [0.25, 0.3) is 0 Å². The Kier molecular flexibility index (Phi) is 3.44. The number of ether oxygens (including phenoxy) is 1. The summed E-state index contributed by atoms with van der Waals surface area (Å²) in [6.07, 6.45) is 5.16. The van der Waals surface area contributed by atoms with E-state index in [2.05, 4.69) is 46.5 Å². The molecule has 3 rings (SSSR count). The van der Waals surface area contributed by atoms with Gasteiger partial charge in [0.1, 0.15) is 0 Å². The normalized spacial score (nSPS) is 19.9. The van der Waals surface area contributed by atoms with Crippen LogP contribution in [-0.2, 0) is 11.2 Å². The van der Waals surface area contributed by atoms with E-state index in [4.69, 9.17) is 4.74 Å². The van der Waals surface area contributed by atoms with E-state index in [1.54, 1.807) is 0 Å². The van der Waals surface area contributed by atoms with Gasteiger partial charge in [-0.2, -0.15) is 0 Å². The maximum atomic E-state index is 5.49. The molecule has 1 fully saturated rings. The van der Waals surface area contributed by atoms with E-state index < -0.39 is 0 Å². The Hall–Kier alpha value is -1.58. The molecule has 0 bridgehead atoms. The van der Waals surface area contributed by atoms with Crippen molar-refractivity contribution in [3.63, 3.8) is 0 Å². The van der Waals surface area contributed by atoms with Crippen LogP contribution in [0.25, 0.3) is 5.69 Å². The Bertz CT molecular complexity index is 487. The average Bonchev–Trinajstić information content (AvgIpc) is 2.94. The highest BCUT2D eigenvalue weighted by molar-refractivity contribution is 5.36. The highest BCUT2D eigenvalue weighted by atomic mass is 16.5. The van der Waals surface area contributed by atoms with E-state index in [9.17, 15) is 0 Å². The van der Waals surface area contributed by atoms with Gasteiger partial charge in [0, 0.05) is 30.7 Å². The van der Waals surface area contributed by atoms with Gasteiger partial charge >= 0.3 is 0 Å². The summed E-state index contributed by atoms with van der Waals surface area (Å²) in [4.78, 5) is 0. The van der Waals surface area contributed by atoms with Crippen LogP contribution in [0.15, 0.2) is 48.8 Å². The monoisotopic (exact) mass is 242 g/mol. The Morgan fingerprint density at radius 3 is 2.89 bits per heavy atom. The van der Waals surface area contributed by atoms with E-state index in [1.807, 2.05) is 12.1 Å². The van der Waals surface area contributed by atoms with Crippen molar-refractivity contribution in [1.29, 1.82) is 0 Å². The molecular weight excluding hydrogens is 224 g/mol. The predicted octanol–water partition coefficient (Wildman–Crippen LogP) is 2.01. The van der Waals surface area contributed by atoms with E-state index >= 15 is 0 Å². The number of benzene rings is 1. The summed E-state index contributed by atoms with van der Waals surface area (Å²) in [5.74, 6) is 0. The third kappa shape index (κ3) is 2.63. The maximum absolute atomic E-state index is 5.49. The molecule has 1 N–H and O–H groups in total. The fourth-order valence-electron chi connectivity index (χ4n) is 2.39. The minimum atomic E-state index is 0.443. The molecule has 1 aromatic heterocycles. The number of nitrogens with one attached hydrogen (secondary N) is 1. The molecule has 94 valence electrons. The van der Waals surface area contributed by atoms with Gasteiger partial charge in [0.2, 0.25) is 0 Å². The summed E-state index contributed by atoms with van der Waals surface area (Å²) in [6, 6.07) is 13.2. The van der Waals surface area contributed by atoms with E-state index in [1.165, 1.54) is 11.3 Å². The number of morpholine rings is 1. The summed E-state index contributed by atoms with van der Waals surface area (Å²) in [6.45, 7) is 2.61. The standard InChI is InChI=1S/C15H18N2O/c1-2-8-17(7-1)15-5-3-4-13(11-15)10-14-12-18-9-6-16-14/h1-5,7-8,11,14,16H,6,9-10,12H2/t14-/m1/s1. The van der Waals surface area contributed by atoms with Gasteiger partial charge in [-0.05, 0) is 36.2 Å². The minimum absolute atomic E-state index is 0.443. The lowest BCUT2D eigenvalue weighted by Crippen LogP contribution is -2.42. The van der Waals surface area contributed by atoms with Gasteiger partial charge in [-0.15, -0.1) is 0 Å². The molecule has 3 nitrogen and oxygen atoms in total. The van der Waals surface area contributed by atoms with Gasteiger partial charge in [0.05, 0.1) is 13.2 Å². The van der Waals surface area contributed by atoms with Crippen molar-refractivity contribution in [1.82, 2.24) is 9.88 Å². The number of nitrogens with zero attached hydrogens (tertiary/aromatic N) is 1. The number of aromatic nitrogens is 1. The summed E-state index contributed by atoms with van der Waals surface area (Å²) in [5, 5.41) is 3.49. The first kappa shape index (κ1) is 11.5. The molecule has 18 heavy (non-hydrogen) atoms. The van der Waals surface area contributed by atoms with Gasteiger partial charge < -0.3 is 14.6 Å². The highest BCUT2D eigenvalue weighted by Crippen LogP contribution is 2.13. The van der Waals surface area contributed by atoms with E-state index in [0.29, 0.717) is 6.04 Å².